The van der Waals surface area contributed by atoms with E-state index in [-0.39, 0.29) is 6.61 Å². The van der Waals surface area contributed by atoms with Gasteiger partial charge in [0.25, 0.3) is 0 Å². The molecule has 100 valence electrons. The van der Waals surface area contributed by atoms with Gasteiger partial charge in [-0.3, -0.25) is 0 Å². The highest BCUT2D eigenvalue weighted by Gasteiger charge is 2.17. The van der Waals surface area contributed by atoms with E-state index < -0.39 is 0 Å². The molecule has 1 aromatic rings. The van der Waals surface area contributed by atoms with Crippen molar-refractivity contribution >= 4 is 6.08 Å². The predicted molar refractivity (Wildman–Crippen MR) is 74.2 cm³/mol. The lowest BCUT2D eigenvalue weighted by Crippen LogP contribution is -2.12. The minimum Gasteiger partial charge on any atom is -0.392 e. The molecule has 18 heavy (non-hydrogen) atoms. The van der Waals surface area contributed by atoms with Crippen LogP contribution in [0.25, 0.3) is 6.08 Å². The summed E-state index contributed by atoms with van der Waals surface area (Å²) < 4.78 is 2.15. The SMILES string of the molecule is CC(C)n1cncc1C=C(CO)C1CCCCC1. The van der Waals surface area contributed by atoms with Crippen LogP contribution in [-0.4, -0.2) is 21.3 Å². The quantitative estimate of drug-likeness (QED) is 0.886. The van der Waals surface area contributed by atoms with Crippen molar-refractivity contribution in [3.63, 3.8) is 0 Å². The summed E-state index contributed by atoms with van der Waals surface area (Å²) in [5, 5.41) is 9.61. The molecule has 0 aliphatic heterocycles. The van der Waals surface area contributed by atoms with Crippen molar-refractivity contribution in [2.75, 3.05) is 6.61 Å². The fourth-order valence-electron chi connectivity index (χ4n) is 2.81. The monoisotopic (exact) mass is 248 g/mol. The van der Waals surface area contributed by atoms with Gasteiger partial charge in [-0.25, -0.2) is 4.98 Å². The first kappa shape index (κ1) is 13.3. The molecule has 0 amide bonds. The third kappa shape index (κ3) is 3.02. The van der Waals surface area contributed by atoms with Crippen molar-refractivity contribution in [3.05, 3.63) is 23.8 Å². The molecule has 0 atom stereocenters. The van der Waals surface area contributed by atoms with Crippen LogP contribution in [0, 0.1) is 5.92 Å². The van der Waals surface area contributed by atoms with Crippen molar-refractivity contribution in [3.8, 4) is 0 Å². The van der Waals surface area contributed by atoms with Gasteiger partial charge in [-0.05, 0) is 44.3 Å². The zero-order valence-electron chi connectivity index (χ0n) is 11.5. The second-order valence-electron chi connectivity index (χ2n) is 5.53. The Labute approximate surface area is 110 Å². The maximum absolute atomic E-state index is 9.61. The van der Waals surface area contributed by atoms with Crippen molar-refractivity contribution in [1.82, 2.24) is 9.55 Å². The molecule has 2 rings (SSSR count). The van der Waals surface area contributed by atoms with Gasteiger partial charge in [0.1, 0.15) is 0 Å². The molecular weight excluding hydrogens is 224 g/mol. The van der Waals surface area contributed by atoms with E-state index >= 15 is 0 Å². The zero-order chi connectivity index (χ0) is 13.0. The van der Waals surface area contributed by atoms with Crippen LogP contribution in [0.15, 0.2) is 18.1 Å². The van der Waals surface area contributed by atoms with Crippen LogP contribution in [0.4, 0.5) is 0 Å². The lowest BCUT2D eigenvalue weighted by molar-refractivity contribution is 0.295. The first-order valence-electron chi connectivity index (χ1n) is 7.05. The first-order chi connectivity index (χ1) is 8.72. The highest BCUT2D eigenvalue weighted by molar-refractivity contribution is 5.49. The van der Waals surface area contributed by atoms with E-state index in [4.69, 9.17) is 0 Å². The summed E-state index contributed by atoms with van der Waals surface area (Å²) in [6, 6.07) is 0.407. The van der Waals surface area contributed by atoms with E-state index in [0.717, 1.165) is 5.69 Å². The van der Waals surface area contributed by atoms with Gasteiger partial charge in [-0.2, -0.15) is 0 Å². The average Bonchev–Trinajstić information content (AvgIpc) is 2.85. The van der Waals surface area contributed by atoms with Crippen molar-refractivity contribution in [2.45, 2.75) is 52.0 Å². The fourth-order valence-corrected chi connectivity index (χ4v) is 2.81. The Morgan fingerprint density at radius 3 is 2.78 bits per heavy atom. The molecule has 1 heterocycles. The number of imidazole rings is 1. The van der Waals surface area contributed by atoms with E-state index in [1.807, 2.05) is 12.5 Å². The summed E-state index contributed by atoms with van der Waals surface area (Å²) in [5.74, 6) is 0.569. The van der Waals surface area contributed by atoms with E-state index in [1.165, 1.54) is 37.7 Å². The van der Waals surface area contributed by atoms with Gasteiger partial charge in [0, 0.05) is 6.04 Å². The molecule has 1 aliphatic carbocycles. The summed E-state index contributed by atoms with van der Waals surface area (Å²) in [6.07, 6.45) is 12.3. The van der Waals surface area contributed by atoms with Crippen molar-refractivity contribution < 1.29 is 5.11 Å². The van der Waals surface area contributed by atoms with Gasteiger partial charge in [0.15, 0.2) is 0 Å². The Kier molecular flexibility index (Phi) is 4.59. The van der Waals surface area contributed by atoms with Crippen LogP contribution in [0.2, 0.25) is 0 Å². The molecule has 0 bridgehead atoms. The van der Waals surface area contributed by atoms with Crippen LogP contribution in [-0.2, 0) is 0 Å². The molecule has 1 aromatic heterocycles. The van der Waals surface area contributed by atoms with E-state index in [9.17, 15) is 5.11 Å². The number of rotatable bonds is 4. The Hall–Kier alpha value is -1.09. The number of nitrogens with zero attached hydrogens (tertiary/aromatic N) is 2. The smallest absolute Gasteiger partial charge is 0.0953 e. The lowest BCUT2D eigenvalue weighted by Gasteiger charge is -2.23. The standard InChI is InChI=1S/C15H24N2O/c1-12(2)17-11-16-9-15(17)8-14(10-18)13-6-4-3-5-7-13/h8-9,11-13,18H,3-7,10H2,1-2H3. The number of hydrogen-bond acceptors (Lipinski definition) is 2. The van der Waals surface area contributed by atoms with Crippen LogP contribution in [0.5, 0.6) is 0 Å². The maximum atomic E-state index is 9.61. The number of aliphatic hydroxyl groups is 1. The maximum Gasteiger partial charge on any atom is 0.0953 e. The Morgan fingerprint density at radius 2 is 2.17 bits per heavy atom. The van der Waals surface area contributed by atoms with Gasteiger partial charge in [-0.1, -0.05) is 19.3 Å². The number of aliphatic hydroxyl groups excluding tert-OH is 1. The molecule has 1 fully saturated rings. The van der Waals surface area contributed by atoms with Crippen LogP contribution >= 0.6 is 0 Å². The topological polar surface area (TPSA) is 38.0 Å². The largest absolute Gasteiger partial charge is 0.392 e. The predicted octanol–water partition coefficient (Wildman–Crippen LogP) is 3.42. The summed E-state index contributed by atoms with van der Waals surface area (Å²) in [7, 11) is 0. The van der Waals surface area contributed by atoms with Crippen molar-refractivity contribution in [2.24, 2.45) is 5.92 Å². The molecule has 0 spiro atoms. The Balaban J connectivity index is 2.19. The minimum atomic E-state index is 0.175. The molecule has 0 unspecified atom stereocenters. The summed E-state index contributed by atoms with van der Waals surface area (Å²) in [4.78, 5) is 4.21. The summed E-state index contributed by atoms with van der Waals surface area (Å²) in [6.45, 7) is 4.48. The van der Waals surface area contributed by atoms with E-state index in [2.05, 4.69) is 29.5 Å². The summed E-state index contributed by atoms with van der Waals surface area (Å²) in [5.41, 5.74) is 2.29. The minimum absolute atomic E-state index is 0.175. The molecule has 1 N–H and O–H groups in total. The number of hydrogen-bond donors (Lipinski definition) is 1. The highest BCUT2D eigenvalue weighted by Crippen LogP contribution is 2.30. The van der Waals surface area contributed by atoms with Crippen LogP contribution in [0.3, 0.4) is 0 Å². The molecule has 1 saturated carbocycles. The molecule has 0 aromatic carbocycles. The molecule has 3 heteroatoms. The average molecular weight is 248 g/mol. The molecular formula is C15H24N2O. The first-order valence-corrected chi connectivity index (χ1v) is 7.05. The van der Waals surface area contributed by atoms with Gasteiger partial charge < -0.3 is 9.67 Å². The molecule has 3 nitrogen and oxygen atoms in total. The lowest BCUT2D eigenvalue weighted by atomic mass is 9.83. The normalized spacial score (nSPS) is 18.6. The third-order valence-electron chi connectivity index (χ3n) is 3.90. The Morgan fingerprint density at radius 1 is 1.44 bits per heavy atom. The van der Waals surface area contributed by atoms with Crippen LogP contribution < -0.4 is 0 Å². The van der Waals surface area contributed by atoms with Crippen molar-refractivity contribution in [1.29, 1.82) is 0 Å². The second-order valence-corrected chi connectivity index (χ2v) is 5.53. The zero-order valence-corrected chi connectivity index (χ0v) is 11.5. The van der Waals surface area contributed by atoms with Gasteiger partial charge in [0.2, 0.25) is 0 Å². The molecule has 0 radical (unpaired) electrons. The Bertz CT molecular complexity index is 400. The summed E-state index contributed by atoms with van der Waals surface area (Å²) >= 11 is 0. The second kappa shape index (κ2) is 6.19. The van der Waals surface area contributed by atoms with Crippen LogP contribution in [0.1, 0.15) is 57.7 Å². The van der Waals surface area contributed by atoms with Gasteiger partial charge in [0.05, 0.1) is 24.8 Å². The fraction of sp³-hybridized carbons (Fsp3) is 0.667. The molecule has 0 saturated heterocycles. The number of aromatic nitrogens is 2. The third-order valence-corrected chi connectivity index (χ3v) is 3.90. The van der Waals surface area contributed by atoms with Gasteiger partial charge >= 0.3 is 0 Å². The van der Waals surface area contributed by atoms with E-state index in [1.54, 1.807) is 0 Å². The molecule has 1 aliphatic rings. The highest BCUT2D eigenvalue weighted by atomic mass is 16.3. The van der Waals surface area contributed by atoms with E-state index in [0.29, 0.717) is 12.0 Å². The van der Waals surface area contributed by atoms with Gasteiger partial charge in [-0.15, -0.1) is 0 Å².